The highest BCUT2D eigenvalue weighted by Crippen LogP contribution is 2.37. The van der Waals surface area contributed by atoms with Gasteiger partial charge in [-0.25, -0.2) is 18.6 Å². The Labute approximate surface area is 393 Å². The number of halogens is 2. The summed E-state index contributed by atoms with van der Waals surface area (Å²) in [4.78, 5) is 64.9. The summed E-state index contributed by atoms with van der Waals surface area (Å²) >= 11 is 0. The van der Waals surface area contributed by atoms with Gasteiger partial charge in [-0.2, -0.15) is 5.10 Å². The summed E-state index contributed by atoms with van der Waals surface area (Å²) in [7, 11) is 1.75. The third kappa shape index (κ3) is 10.4. The fourth-order valence-corrected chi connectivity index (χ4v) is 11.0. The van der Waals surface area contributed by atoms with Gasteiger partial charge in [-0.05, 0) is 125 Å². The molecule has 3 aliphatic heterocycles. The molecule has 18 heteroatoms. The number of imidazole rings is 1. The zero-order chi connectivity index (χ0) is 46.9. The topological polar surface area (TPSA) is 175 Å². The average molecular weight is 937 g/mol. The van der Waals surface area contributed by atoms with Crippen LogP contribution >= 0.6 is 0 Å². The molecule has 3 amide bonds. The van der Waals surface area contributed by atoms with E-state index in [4.69, 9.17) is 9.15 Å². The highest BCUT2D eigenvalue weighted by molar-refractivity contribution is 6.03. The Bertz CT molecular complexity index is 2660. The van der Waals surface area contributed by atoms with Gasteiger partial charge in [0.15, 0.2) is 11.4 Å². The fourth-order valence-electron chi connectivity index (χ4n) is 11.0. The second-order valence-electron chi connectivity index (χ2n) is 19.9. The molecule has 0 radical (unpaired) electrons. The summed E-state index contributed by atoms with van der Waals surface area (Å²) in [5.41, 5.74) is 3.52. The second kappa shape index (κ2) is 20.2. The van der Waals surface area contributed by atoms with Gasteiger partial charge in [-0.1, -0.05) is 25.0 Å². The lowest BCUT2D eigenvalue weighted by Gasteiger charge is -2.37. The molecule has 10 rings (SSSR count). The lowest BCUT2D eigenvalue weighted by molar-refractivity contribution is -0.135. The highest BCUT2D eigenvalue weighted by Gasteiger charge is 2.33. The van der Waals surface area contributed by atoms with E-state index in [9.17, 15) is 28.0 Å². The predicted molar refractivity (Wildman–Crippen MR) is 249 cm³/mol. The predicted octanol–water partition coefficient (Wildman–Crippen LogP) is 7.22. The van der Waals surface area contributed by atoms with E-state index in [-0.39, 0.29) is 47.4 Å². The molecule has 1 aromatic carbocycles. The number of alkyl halides is 2. The summed E-state index contributed by atoms with van der Waals surface area (Å²) in [5, 5.41) is 9.29. The monoisotopic (exact) mass is 936 g/mol. The Balaban J connectivity index is 0.643. The van der Waals surface area contributed by atoms with E-state index >= 15 is 0 Å². The minimum absolute atomic E-state index is 0.000458. The average Bonchev–Trinajstić information content (AvgIpc) is 3.75. The van der Waals surface area contributed by atoms with Crippen molar-refractivity contribution in [2.75, 3.05) is 44.6 Å². The van der Waals surface area contributed by atoms with Crippen molar-refractivity contribution in [1.82, 2.24) is 44.0 Å². The molecule has 1 atom stereocenters. The number of anilines is 1. The third-order valence-corrected chi connectivity index (χ3v) is 15.1. The number of amides is 3. The molecule has 1 unspecified atom stereocenters. The molecule has 362 valence electrons. The molecule has 7 heterocycles. The van der Waals surface area contributed by atoms with Crippen molar-refractivity contribution in [3.63, 3.8) is 0 Å². The number of pyridine rings is 1. The summed E-state index contributed by atoms with van der Waals surface area (Å²) < 4.78 is 45.4. The van der Waals surface area contributed by atoms with E-state index < -0.39 is 30.0 Å². The van der Waals surface area contributed by atoms with Crippen LogP contribution in [0.2, 0.25) is 0 Å². The number of imide groups is 1. The van der Waals surface area contributed by atoms with Crippen molar-refractivity contribution in [1.29, 1.82) is 0 Å². The first-order chi connectivity index (χ1) is 33.0. The van der Waals surface area contributed by atoms with E-state index in [2.05, 4.69) is 41.6 Å². The van der Waals surface area contributed by atoms with Crippen LogP contribution in [-0.4, -0.2) is 102 Å². The van der Waals surface area contributed by atoms with Crippen LogP contribution in [0, 0.1) is 17.8 Å². The third-order valence-electron chi connectivity index (χ3n) is 15.1. The summed E-state index contributed by atoms with van der Waals surface area (Å²) in [5.74, 6) is 0.764. The maximum atomic E-state index is 14.2. The smallest absolute Gasteiger partial charge is 0.329 e. The van der Waals surface area contributed by atoms with E-state index in [0.717, 1.165) is 126 Å². The Kier molecular flexibility index (Phi) is 13.7. The minimum atomic E-state index is -2.85. The van der Waals surface area contributed by atoms with Crippen molar-refractivity contribution in [3.05, 3.63) is 82.1 Å². The molecule has 2 aliphatic carbocycles. The quantitative estimate of drug-likeness (QED) is 0.0957. The number of carbonyl (C=O) groups is 3. The van der Waals surface area contributed by atoms with Crippen LogP contribution in [0.4, 0.5) is 14.5 Å². The van der Waals surface area contributed by atoms with Crippen molar-refractivity contribution < 1.29 is 32.3 Å². The molecular formula is C50H62F2N10O6. The van der Waals surface area contributed by atoms with Crippen molar-refractivity contribution >= 4 is 34.4 Å². The number of hydrogen-bond donors (Lipinski definition) is 2. The van der Waals surface area contributed by atoms with Crippen LogP contribution < -0.4 is 16.3 Å². The van der Waals surface area contributed by atoms with Gasteiger partial charge in [0.25, 0.3) is 12.3 Å². The van der Waals surface area contributed by atoms with Gasteiger partial charge >= 0.3 is 5.69 Å². The van der Waals surface area contributed by atoms with E-state index in [1.165, 1.54) is 25.3 Å². The van der Waals surface area contributed by atoms with Crippen LogP contribution in [0.25, 0.3) is 22.5 Å². The summed E-state index contributed by atoms with van der Waals surface area (Å²) in [6.07, 6.45) is 14.7. The van der Waals surface area contributed by atoms with Crippen LogP contribution in [0.3, 0.4) is 0 Å². The second-order valence-corrected chi connectivity index (χ2v) is 19.9. The molecule has 5 aliphatic rings. The number of aromatic nitrogens is 6. The number of benzene rings is 1. The standard InChI is InChI=1S/C50H62F2N10O6/c1-58-45-35(3-2-4-41(45)62(50(58)66)42-13-14-43(63)56-48(42)65)27-60-23-18-38(19-24-60)67-29-33-16-21-59(22-17-33)26-32-8-11-37(12-9-32)61-28-39(44(57-61)46(51)52)54-47(64)40-30-68-49(55-40)34-15-20-53-36(25-34)10-7-31-5-6-31/h2-4,15,20,25,28,30-33,37-38,42,46H,5-14,16-19,21-24,26-27,29H2,1H3,(H,54,64)(H,56,63,65). The number of para-hydroxylation sites is 1. The number of likely N-dealkylation sites (tertiary alicyclic amines) is 2. The molecule has 2 N–H and O–H groups in total. The lowest BCUT2D eigenvalue weighted by atomic mass is 9.85. The number of piperidine rings is 3. The first-order valence-corrected chi connectivity index (χ1v) is 24.7. The van der Waals surface area contributed by atoms with E-state index in [1.54, 1.807) is 33.1 Å². The largest absolute Gasteiger partial charge is 0.444 e. The molecule has 5 aromatic rings. The lowest BCUT2D eigenvalue weighted by Crippen LogP contribution is -2.44. The van der Waals surface area contributed by atoms with Gasteiger partial charge in [0.05, 0.1) is 28.9 Å². The van der Waals surface area contributed by atoms with Crippen LogP contribution in [0.1, 0.15) is 129 Å². The Morgan fingerprint density at radius 1 is 0.926 bits per heavy atom. The molecule has 5 fully saturated rings. The number of ether oxygens (including phenoxy) is 1. The maximum absolute atomic E-state index is 14.2. The first-order valence-electron chi connectivity index (χ1n) is 24.7. The van der Waals surface area contributed by atoms with Gasteiger partial charge in [-0.15, -0.1) is 0 Å². The molecule has 0 bridgehead atoms. The van der Waals surface area contributed by atoms with Gasteiger partial charge in [-0.3, -0.25) is 43.4 Å². The molecular weight excluding hydrogens is 875 g/mol. The number of nitrogens with zero attached hydrogens (tertiary/aromatic N) is 8. The highest BCUT2D eigenvalue weighted by atomic mass is 19.3. The van der Waals surface area contributed by atoms with E-state index in [0.29, 0.717) is 35.9 Å². The number of hydrogen-bond acceptors (Lipinski definition) is 11. The molecule has 68 heavy (non-hydrogen) atoms. The minimum Gasteiger partial charge on any atom is -0.444 e. The number of rotatable bonds is 16. The number of aryl methyl sites for hydroxylation is 2. The van der Waals surface area contributed by atoms with Gasteiger partial charge in [0, 0.05) is 69.9 Å². The Hall–Kier alpha value is -5.59. The SMILES string of the molecule is Cn1c(=O)n(C2CCC(=O)NC2=O)c2cccc(CN3CCC(OCC4CCN(CC5CCC(n6cc(NC(=O)c7coc(-c8ccnc(CCC9CC9)c8)n7)c(C(F)F)n6)CC5)CC4)CC3)c21. The molecule has 2 saturated carbocycles. The van der Waals surface area contributed by atoms with E-state index in [1.807, 2.05) is 18.2 Å². The van der Waals surface area contributed by atoms with Crippen molar-refractivity contribution in [2.24, 2.45) is 24.8 Å². The van der Waals surface area contributed by atoms with Gasteiger partial charge in [0.2, 0.25) is 17.7 Å². The van der Waals surface area contributed by atoms with Gasteiger partial charge < -0.3 is 19.4 Å². The zero-order valence-corrected chi connectivity index (χ0v) is 38.8. The van der Waals surface area contributed by atoms with Crippen molar-refractivity contribution in [2.45, 2.75) is 121 Å². The Morgan fingerprint density at radius 3 is 2.44 bits per heavy atom. The zero-order valence-electron chi connectivity index (χ0n) is 38.8. The number of nitrogens with one attached hydrogen (secondary N) is 2. The number of fused-ring (bicyclic) bond motifs is 1. The normalized spacial score (nSPS) is 22.6. The Morgan fingerprint density at radius 2 is 1.69 bits per heavy atom. The maximum Gasteiger partial charge on any atom is 0.329 e. The molecule has 0 spiro atoms. The van der Waals surface area contributed by atoms with Crippen LogP contribution in [-0.2, 0) is 34.3 Å². The number of carbonyl (C=O) groups excluding carboxylic acids is 3. The molecule has 16 nitrogen and oxygen atoms in total. The number of oxazole rings is 1. The van der Waals surface area contributed by atoms with Crippen LogP contribution in [0.5, 0.6) is 0 Å². The van der Waals surface area contributed by atoms with Crippen LogP contribution in [0.15, 0.2) is 58.2 Å². The molecule has 4 aromatic heterocycles. The summed E-state index contributed by atoms with van der Waals surface area (Å²) in [6, 6.07) is 8.85. The fraction of sp³-hybridized carbons (Fsp3) is 0.580. The molecule has 3 saturated heterocycles. The first kappa shape index (κ1) is 46.2. The van der Waals surface area contributed by atoms with Gasteiger partial charge in [0.1, 0.15) is 12.3 Å². The summed E-state index contributed by atoms with van der Waals surface area (Å²) in [6.45, 7) is 6.39. The van der Waals surface area contributed by atoms with Crippen molar-refractivity contribution in [3.8, 4) is 11.5 Å².